The molecule has 6 unspecified atom stereocenters. The van der Waals surface area contributed by atoms with Gasteiger partial charge in [0, 0.05) is 11.8 Å². The molecule has 0 aliphatic carbocycles. The van der Waals surface area contributed by atoms with E-state index >= 15 is 0 Å². The quantitative estimate of drug-likeness (QED) is 0.324. The van der Waals surface area contributed by atoms with Gasteiger partial charge in [0.15, 0.2) is 6.03 Å². The van der Waals surface area contributed by atoms with Crippen molar-refractivity contribution in [3.8, 4) is 0 Å². The third kappa shape index (κ3) is 4.44. The van der Waals surface area contributed by atoms with Crippen LogP contribution < -0.4 is 0 Å². The minimum absolute atomic E-state index is 0.0750. The highest BCUT2D eigenvalue weighted by molar-refractivity contribution is 8.15. The molecule has 0 N–H and O–H groups in total. The topological polar surface area (TPSA) is 27.7 Å². The lowest BCUT2D eigenvalue weighted by Gasteiger charge is -2.39. The molecule has 1 rings (SSSR count). The summed E-state index contributed by atoms with van der Waals surface area (Å²) in [4.78, 5) is 0. The highest BCUT2D eigenvalue weighted by Crippen LogP contribution is 2.49. The van der Waals surface area contributed by atoms with Gasteiger partial charge in [-0.3, -0.25) is 0 Å². The van der Waals surface area contributed by atoms with Crippen molar-refractivity contribution in [3.05, 3.63) is 0 Å². The molecule has 1 fully saturated rings. The Kier molecular flexibility index (Phi) is 6.42. The van der Waals surface area contributed by atoms with Crippen LogP contribution in [0.5, 0.6) is 0 Å². The minimum Gasteiger partial charge on any atom is -0.348 e. The van der Waals surface area contributed by atoms with Gasteiger partial charge in [-0.1, -0.05) is 25.7 Å². The largest absolute Gasteiger partial charge is 0.348 e. The van der Waals surface area contributed by atoms with Crippen LogP contribution in [0, 0.1) is 11.8 Å². The predicted octanol–water partition coefficient (Wildman–Crippen LogP) is 2.34. The third-order valence-corrected chi connectivity index (χ3v) is 4.57. The normalized spacial score (nSPS) is 35.2. The Balaban J connectivity index is 2.42. The third-order valence-electron chi connectivity index (χ3n) is 2.63. The fraction of sp³-hybridized carbons (Fsp3) is 1.00. The Morgan fingerprint density at radius 3 is 3.19 bits per heavy atom. The first-order valence-corrected chi connectivity index (χ1v) is 9.57. The van der Waals surface area contributed by atoms with Crippen molar-refractivity contribution >= 4 is 35.5 Å². The molecule has 0 aromatic heterocycles. The monoisotopic (exact) mass is 283 g/mol. The summed E-state index contributed by atoms with van der Waals surface area (Å²) in [5.41, 5.74) is 0. The molecule has 16 heavy (non-hydrogen) atoms. The molecule has 0 saturated carbocycles. The SMILES string of the molecule is [3H][B]SOCC(C)C1OC(P(C)P)OCC1C. The Bertz CT molecular complexity index is 228. The maximum absolute atomic E-state index is 6.88. The summed E-state index contributed by atoms with van der Waals surface area (Å²) in [6.45, 7) is 7.74. The summed E-state index contributed by atoms with van der Waals surface area (Å²) in [6.07, 6.45) is 0.172. The first kappa shape index (κ1) is 13.6. The number of rotatable bonds is 6. The van der Waals surface area contributed by atoms with Crippen molar-refractivity contribution in [1.82, 2.24) is 0 Å². The van der Waals surface area contributed by atoms with Crippen LogP contribution in [0.4, 0.5) is 0 Å². The van der Waals surface area contributed by atoms with E-state index in [0.717, 1.165) is 18.5 Å². The molecule has 93 valence electrons. The fourth-order valence-electron chi connectivity index (χ4n) is 1.79. The summed E-state index contributed by atoms with van der Waals surface area (Å²) in [6, 6.07) is -0.0750. The van der Waals surface area contributed by atoms with Gasteiger partial charge < -0.3 is 13.7 Å². The molecule has 0 aromatic rings. The van der Waals surface area contributed by atoms with E-state index < -0.39 is 0 Å². The lowest BCUT2D eigenvalue weighted by Crippen LogP contribution is -2.42. The molecule has 0 spiro atoms. The van der Waals surface area contributed by atoms with Gasteiger partial charge in [-0.25, -0.2) is 0 Å². The van der Waals surface area contributed by atoms with Crippen LogP contribution in [-0.4, -0.2) is 40.4 Å². The van der Waals surface area contributed by atoms with Crippen molar-refractivity contribution in [1.29, 1.82) is 1.34 Å². The van der Waals surface area contributed by atoms with Gasteiger partial charge in [0.2, 0.25) is 7.09 Å². The number of ether oxygens (including phenoxy) is 2. The molecular weight excluding hydrogens is 261 g/mol. The molecule has 1 radical (unpaired) electrons. The second kappa shape index (κ2) is 7.56. The van der Waals surface area contributed by atoms with E-state index in [1.165, 1.54) is 7.09 Å². The molecule has 7 heteroatoms. The van der Waals surface area contributed by atoms with Gasteiger partial charge in [0.05, 0.1) is 19.3 Å². The molecule has 1 aliphatic heterocycles. The maximum atomic E-state index is 6.88. The van der Waals surface area contributed by atoms with Gasteiger partial charge in [0.25, 0.3) is 0 Å². The van der Waals surface area contributed by atoms with E-state index in [1.807, 2.05) is 0 Å². The van der Waals surface area contributed by atoms with Crippen molar-refractivity contribution in [2.45, 2.75) is 26.0 Å². The van der Waals surface area contributed by atoms with Gasteiger partial charge in [0.1, 0.15) is 0 Å². The molecule has 0 bridgehead atoms. The lowest BCUT2D eigenvalue weighted by atomic mass is 9.94. The molecule has 0 aromatic carbocycles. The Morgan fingerprint density at radius 1 is 1.81 bits per heavy atom. The van der Waals surface area contributed by atoms with Gasteiger partial charge in [-0.2, -0.15) is 0 Å². The van der Waals surface area contributed by atoms with Crippen LogP contribution in [0.1, 0.15) is 13.8 Å². The van der Waals surface area contributed by atoms with E-state index in [9.17, 15) is 0 Å². The zero-order valence-corrected chi connectivity index (χ0v) is 12.8. The molecule has 1 saturated heterocycles. The van der Waals surface area contributed by atoms with E-state index in [1.54, 1.807) is 0 Å². The summed E-state index contributed by atoms with van der Waals surface area (Å²) in [5, 5.41) is 0. The Morgan fingerprint density at radius 2 is 2.56 bits per heavy atom. The average molecular weight is 283 g/mol. The molecule has 0 amide bonds. The summed E-state index contributed by atoms with van der Waals surface area (Å²) >= 11 is 1.06. The van der Waals surface area contributed by atoms with Crippen LogP contribution in [0.2, 0.25) is 0 Å². The van der Waals surface area contributed by atoms with Crippen LogP contribution in [0.15, 0.2) is 0 Å². The van der Waals surface area contributed by atoms with Crippen molar-refractivity contribution in [3.63, 3.8) is 0 Å². The van der Waals surface area contributed by atoms with Gasteiger partial charge in [-0.15, -0.1) is 8.93 Å². The molecular formula is C9H20BO3P2S. The first-order valence-electron chi connectivity index (χ1n) is 5.87. The maximum Gasteiger partial charge on any atom is 0.209 e. The Hall–Kier alpha value is 1.15. The van der Waals surface area contributed by atoms with Crippen molar-refractivity contribution in [2.24, 2.45) is 11.8 Å². The van der Waals surface area contributed by atoms with Gasteiger partial charge >= 0.3 is 0 Å². The summed E-state index contributed by atoms with van der Waals surface area (Å²) in [5.74, 6) is 0.693. The number of hydrogen-bond acceptors (Lipinski definition) is 4. The first-order chi connectivity index (χ1) is 8.06. The zero-order chi connectivity index (χ0) is 12.8. The second-order valence-electron chi connectivity index (χ2n) is 4.24. The smallest absolute Gasteiger partial charge is 0.209 e. The standard InChI is InChI=1S/C9H20BO3P2S/c1-6-4-11-9(15(3)14)13-8(6)7(2)5-12-16-10/h6-10H,4-5,14H2,1-3H3/i10T. The summed E-state index contributed by atoms with van der Waals surface area (Å²) in [7, 11) is 3.66. The lowest BCUT2D eigenvalue weighted by molar-refractivity contribution is -0.205. The highest BCUT2D eigenvalue weighted by Gasteiger charge is 2.34. The predicted molar refractivity (Wildman–Crippen MR) is 76.2 cm³/mol. The minimum atomic E-state index is -0.315. The van der Waals surface area contributed by atoms with E-state index in [-0.39, 0.29) is 19.7 Å². The van der Waals surface area contributed by atoms with E-state index in [0.29, 0.717) is 18.4 Å². The highest BCUT2D eigenvalue weighted by atomic mass is 32.2. The molecule has 1 aliphatic rings. The number of hydrogen-bond donors (Lipinski definition) is 0. The van der Waals surface area contributed by atoms with Crippen molar-refractivity contribution in [2.75, 3.05) is 19.9 Å². The zero-order valence-electron chi connectivity index (χ0n) is 11.0. The molecule has 3 nitrogen and oxygen atoms in total. The summed E-state index contributed by atoms with van der Waals surface area (Å²) < 4.78 is 23.8. The second-order valence-corrected chi connectivity index (χ2v) is 8.87. The Labute approximate surface area is 108 Å². The molecule has 6 atom stereocenters. The van der Waals surface area contributed by atoms with Crippen LogP contribution in [0.25, 0.3) is 0 Å². The average Bonchev–Trinajstić information content (AvgIpc) is 2.29. The van der Waals surface area contributed by atoms with Gasteiger partial charge in [-0.05, 0) is 15.6 Å². The fourth-order valence-corrected chi connectivity index (χ4v) is 3.20. The van der Waals surface area contributed by atoms with E-state index in [4.69, 9.17) is 15.0 Å². The van der Waals surface area contributed by atoms with Crippen LogP contribution in [0.3, 0.4) is 0 Å². The van der Waals surface area contributed by atoms with E-state index in [2.05, 4.69) is 29.4 Å². The van der Waals surface area contributed by atoms with Crippen LogP contribution in [-0.2, 0) is 13.7 Å². The van der Waals surface area contributed by atoms with Crippen molar-refractivity contribution < 1.29 is 13.7 Å². The molecule has 1 heterocycles. The van der Waals surface area contributed by atoms with Crippen LogP contribution >= 0.6 is 28.4 Å².